The molecule has 0 spiro atoms. The second-order valence-corrected chi connectivity index (χ2v) is 5.06. The predicted octanol–water partition coefficient (Wildman–Crippen LogP) is 3.80. The zero-order chi connectivity index (χ0) is 17.7. The summed E-state index contributed by atoms with van der Waals surface area (Å²) in [5.41, 5.74) is 0.747. The van der Waals surface area contributed by atoms with E-state index in [2.05, 4.69) is 10.6 Å². The van der Waals surface area contributed by atoms with Gasteiger partial charge >= 0.3 is 0 Å². The lowest BCUT2D eigenvalue weighted by molar-refractivity contribution is 0.324. The number of thiocarbonyl (C=S) groups is 1. The molecule has 2 rings (SSSR count). The van der Waals surface area contributed by atoms with Crippen molar-refractivity contribution in [3.05, 3.63) is 42.0 Å². The van der Waals surface area contributed by atoms with Crippen molar-refractivity contribution in [1.82, 2.24) is 0 Å². The molecule has 8 heteroatoms. The molecule has 0 radical (unpaired) electrons. The minimum Gasteiger partial charge on any atom is -0.493 e. The van der Waals surface area contributed by atoms with E-state index in [-0.39, 0.29) is 10.8 Å². The Kier molecular flexibility index (Phi) is 5.75. The summed E-state index contributed by atoms with van der Waals surface area (Å²) in [5, 5.41) is 5.74. The van der Waals surface area contributed by atoms with Gasteiger partial charge in [-0.1, -0.05) is 0 Å². The number of methoxy groups -OCH3 is 3. The molecule has 0 saturated heterocycles. The van der Waals surface area contributed by atoms with Crippen LogP contribution in [0.15, 0.2) is 30.3 Å². The fourth-order valence-corrected chi connectivity index (χ4v) is 2.31. The van der Waals surface area contributed by atoms with Crippen LogP contribution in [-0.2, 0) is 0 Å². The van der Waals surface area contributed by atoms with E-state index in [1.807, 2.05) is 0 Å². The molecule has 2 aromatic rings. The van der Waals surface area contributed by atoms with Gasteiger partial charge < -0.3 is 24.8 Å². The van der Waals surface area contributed by atoms with Crippen molar-refractivity contribution < 1.29 is 23.0 Å². The Morgan fingerprint density at radius 1 is 0.792 bits per heavy atom. The second-order valence-electron chi connectivity index (χ2n) is 4.65. The summed E-state index contributed by atoms with van der Waals surface area (Å²) in [5.74, 6) is -0.0734. The molecule has 0 fully saturated rings. The molecule has 0 bridgehead atoms. The lowest BCUT2D eigenvalue weighted by Gasteiger charge is -2.16. The molecule has 0 unspecified atom stereocenters. The first kappa shape index (κ1) is 17.7. The Labute approximate surface area is 143 Å². The average molecular weight is 354 g/mol. The molecule has 2 aromatic carbocycles. The Bertz CT molecular complexity index is 711. The van der Waals surface area contributed by atoms with Gasteiger partial charge in [0.25, 0.3) is 0 Å². The molecular formula is C16H16F2N2O3S. The van der Waals surface area contributed by atoms with Crippen molar-refractivity contribution >= 4 is 28.7 Å². The predicted molar refractivity (Wildman–Crippen MR) is 92.3 cm³/mol. The number of hydrogen-bond donors (Lipinski definition) is 2. The number of hydrogen-bond acceptors (Lipinski definition) is 4. The van der Waals surface area contributed by atoms with Crippen molar-refractivity contribution in [3.63, 3.8) is 0 Å². The van der Waals surface area contributed by atoms with E-state index in [1.165, 1.54) is 21.3 Å². The number of anilines is 2. The third kappa shape index (κ3) is 4.23. The van der Waals surface area contributed by atoms with Crippen molar-refractivity contribution in [2.75, 3.05) is 32.0 Å². The molecule has 5 nitrogen and oxygen atoms in total. The maximum Gasteiger partial charge on any atom is 0.203 e. The first-order valence-corrected chi connectivity index (χ1v) is 7.21. The van der Waals surface area contributed by atoms with Gasteiger partial charge in [-0.15, -0.1) is 0 Å². The number of ether oxygens (including phenoxy) is 3. The molecule has 0 aromatic heterocycles. The third-order valence-electron chi connectivity index (χ3n) is 3.04. The number of nitrogens with one attached hydrogen (secondary N) is 2. The van der Waals surface area contributed by atoms with Crippen LogP contribution in [0.1, 0.15) is 0 Å². The van der Waals surface area contributed by atoms with Crippen molar-refractivity contribution in [1.29, 1.82) is 0 Å². The highest BCUT2D eigenvalue weighted by molar-refractivity contribution is 7.80. The Hall–Kier alpha value is -2.61. The maximum absolute atomic E-state index is 13.2. The highest BCUT2D eigenvalue weighted by Gasteiger charge is 2.14. The lowest BCUT2D eigenvalue weighted by Crippen LogP contribution is -2.19. The van der Waals surface area contributed by atoms with Gasteiger partial charge in [0.1, 0.15) is 11.6 Å². The summed E-state index contributed by atoms with van der Waals surface area (Å²) in [6.45, 7) is 0. The van der Waals surface area contributed by atoms with Crippen LogP contribution in [0.4, 0.5) is 20.2 Å². The summed E-state index contributed by atoms with van der Waals surface area (Å²) < 4.78 is 42.1. The molecule has 0 atom stereocenters. The molecular weight excluding hydrogens is 338 g/mol. The molecule has 24 heavy (non-hydrogen) atoms. The van der Waals surface area contributed by atoms with E-state index in [1.54, 1.807) is 12.1 Å². The van der Waals surface area contributed by atoms with Gasteiger partial charge in [0, 0.05) is 29.6 Å². The quantitative estimate of drug-likeness (QED) is 0.797. The van der Waals surface area contributed by atoms with E-state index in [0.717, 1.165) is 18.2 Å². The monoisotopic (exact) mass is 354 g/mol. The lowest BCUT2D eigenvalue weighted by atomic mass is 10.2. The number of halogens is 2. The summed E-state index contributed by atoms with van der Waals surface area (Å²) in [4.78, 5) is 0. The summed E-state index contributed by atoms with van der Waals surface area (Å²) in [7, 11) is 4.48. The van der Waals surface area contributed by atoms with Crippen molar-refractivity contribution in [3.8, 4) is 17.2 Å². The highest BCUT2D eigenvalue weighted by Crippen LogP contribution is 2.39. The standard InChI is InChI=1S/C16H16F2N2O3S/c1-21-13-7-12(8-14(22-2)15(13)23-3)20-16(24)19-11-5-9(17)4-10(18)6-11/h4-8H,1-3H3,(H2,19,20,24). The van der Waals surface area contributed by atoms with Crippen LogP contribution < -0.4 is 24.8 Å². The highest BCUT2D eigenvalue weighted by atomic mass is 32.1. The van der Waals surface area contributed by atoms with Gasteiger partial charge in [-0.2, -0.15) is 0 Å². The van der Waals surface area contributed by atoms with Crippen LogP contribution in [-0.4, -0.2) is 26.4 Å². The maximum atomic E-state index is 13.2. The van der Waals surface area contributed by atoms with Gasteiger partial charge in [0.15, 0.2) is 16.6 Å². The van der Waals surface area contributed by atoms with E-state index in [9.17, 15) is 8.78 Å². The SMILES string of the molecule is COc1cc(NC(=S)Nc2cc(F)cc(F)c2)cc(OC)c1OC. The zero-order valence-corrected chi connectivity index (χ0v) is 14.1. The van der Waals surface area contributed by atoms with Crippen molar-refractivity contribution in [2.24, 2.45) is 0 Å². The van der Waals surface area contributed by atoms with E-state index < -0.39 is 11.6 Å². The molecule has 128 valence electrons. The zero-order valence-electron chi connectivity index (χ0n) is 13.3. The normalized spacial score (nSPS) is 10.0. The smallest absolute Gasteiger partial charge is 0.203 e. The largest absolute Gasteiger partial charge is 0.493 e. The molecule has 0 amide bonds. The second kappa shape index (κ2) is 7.78. The van der Waals surface area contributed by atoms with Gasteiger partial charge in [0.2, 0.25) is 5.75 Å². The van der Waals surface area contributed by atoms with Crippen LogP contribution in [0, 0.1) is 11.6 Å². The molecule has 0 heterocycles. The summed E-state index contributed by atoms with van der Waals surface area (Å²) in [6, 6.07) is 6.35. The molecule has 0 aliphatic heterocycles. The minimum absolute atomic E-state index is 0.147. The van der Waals surface area contributed by atoms with E-state index in [4.69, 9.17) is 26.4 Å². The van der Waals surface area contributed by atoms with E-state index >= 15 is 0 Å². The topological polar surface area (TPSA) is 51.8 Å². The van der Waals surface area contributed by atoms with Crippen molar-refractivity contribution in [2.45, 2.75) is 0 Å². The van der Waals surface area contributed by atoms with Gasteiger partial charge in [-0.05, 0) is 24.4 Å². The molecule has 0 saturated carbocycles. The van der Waals surface area contributed by atoms with Gasteiger partial charge in [0.05, 0.1) is 21.3 Å². The first-order chi connectivity index (χ1) is 11.5. The van der Waals surface area contributed by atoms with Crippen LogP contribution in [0.25, 0.3) is 0 Å². The van der Waals surface area contributed by atoms with Crippen LogP contribution in [0.3, 0.4) is 0 Å². The van der Waals surface area contributed by atoms with Gasteiger partial charge in [-0.3, -0.25) is 0 Å². The molecule has 0 aliphatic rings. The fourth-order valence-electron chi connectivity index (χ4n) is 2.07. The minimum atomic E-state index is -0.701. The fraction of sp³-hybridized carbons (Fsp3) is 0.188. The molecule has 2 N–H and O–H groups in total. The number of rotatable bonds is 5. The van der Waals surface area contributed by atoms with Crippen LogP contribution in [0.5, 0.6) is 17.2 Å². The van der Waals surface area contributed by atoms with Crippen LogP contribution >= 0.6 is 12.2 Å². The molecule has 0 aliphatic carbocycles. The Morgan fingerprint density at radius 3 is 1.67 bits per heavy atom. The first-order valence-electron chi connectivity index (χ1n) is 6.81. The Morgan fingerprint density at radius 2 is 1.25 bits per heavy atom. The van der Waals surface area contributed by atoms with E-state index in [0.29, 0.717) is 22.9 Å². The van der Waals surface area contributed by atoms with Gasteiger partial charge in [-0.25, -0.2) is 8.78 Å². The summed E-state index contributed by atoms with van der Waals surface area (Å²) in [6.07, 6.45) is 0. The number of benzene rings is 2. The summed E-state index contributed by atoms with van der Waals surface area (Å²) >= 11 is 5.14. The third-order valence-corrected chi connectivity index (χ3v) is 3.25. The Balaban J connectivity index is 2.19. The average Bonchev–Trinajstić information content (AvgIpc) is 2.52. The van der Waals surface area contributed by atoms with Crippen LogP contribution in [0.2, 0.25) is 0 Å².